The average Bonchev–Trinajstić information content (AvgIpc) is 2.24. The van der Waals surface area contributed by atoms with Crippen molar-refractivity contribution in [3.63, 3.8) is 0 Å². The molecule has 0 spiro atoms. The van der Waals surface area contributed by atoms with E-state index in [0.29, 0.717) is 6.20 Å². The summed E-state index contributed by atoms with van der Waals surface area (Å²) in [4.78, 5) is 3.37. The smallest absolute Gasteiger partial charge is 0.249 e. The number of halogens is 7. The van der Waals surface area contributed by atoms with Gasteiger partial charge in [0.15, 0.2) is 6.10 Å². The van der Waals surface area contributed by atoms with E-state index in [4.69, 9.17) is 0 Å². The van der Waals surface area contributed by atoms with Crippen LogP contribution >= 0.6 is 15.9 Å². The molecular formula is C8H4BrF6NO3S. The van der Waals surface area contributed by atoms with Crippen molar-refractivity contribution in [3.05, 3.63) is 28.5 Å². The fraction of sp³-hybridized carbons (Fsp3) is 0.375. The Morgan fingerprint density at radius 3 is 2.05 bits per heavy atom. The third kappa shape index (κ3) is 4.06. The number of hydrogen-bond donors (Lipinski definition) is 0. The molecule has 0 aliphatic rings. The van der Waals surface area contributed by atoms with E-state index in [1.54, 1.807) is 0 Å². The molecule has 1 rings (SSSR count). The third-order valence-electron chi connectivity index (χ3n) is 1.86. The normalized spacial score (nSPS) is 15.2. The third-order valence-corrected chi connectivity index (χ3v) is 3.34. The van der Waals surface area contributed by atoms with Gasteiger partial charge in [0.2, 0.25) is 0 Å². The van der Waals surface area contributed by atoms with Gasteiger partial charge in [-0.15, -0.1) is 0 Å². The van der Waals surface area contributed by atoms with Crippen LogP contribution < -0.4 is 0 Å². The highest BCUT2D eigenvalue weighted by Gasteiger charge is 2.54. The van der Waals surface area contributed by atoms with Crippen LogP contribution in [0, 0.1) is 0 Å². The lowest BCUT2D eigenvalue weighted by atomic mass is 10.1. The quantitative estimate of drug-likeness (QED) is 0.345. The van der Waals surface area contributed by atoms with Gasteiger partial charge < -0.3 is 0 Å². The minimum absolute atomic E-state index is 0.112. The van der Waals surface area contributed by atoms with Crippen LogP contribution in [-0.4, -0.2) is 25.1 Å². The molecule has 1 aromatic heterocycles. The lowest BCUT2D eigenvalue weighted by Gasteiger charge is -2.21. The second kappa shape index (κ2) is 5.48. The highest BCUT2D eigenvalue weighted by molar-refractivity contribution is 9.10. The predicted molar refractivity (Wildman–Crippen MR) is 56.8 cm³/mol. The second-order valence-corrected chi connectivity index (χ2v) is 5.71. The Morgan fingerprint density at radius 2 is 1.70 bits per heavy atom. The van der Waals surface area contributed by atoms with Crippen molar-refractivity contribution < 1.29 is 38.9 Å². The van der Waals surface area contributed by atoms with Crippen LogP contribution in [0.2, 0.25) is 0 Å². The van der Waals surface area contributed by atoms with Crippen molar-refractivity contribution in [2.75, 3.05) is 0 Å². The summed E-state index contributed by atoms with van der Waals surface area (Å²) in [6.45, 7) is 0. The summed E-state index contributed by atoms with van der Waals surface area (Å²) in [5.74, 6) is 0. The van der Waals surface area contributed by atoms with Crippen molar-refractivity contribution in [2.24, 2.45) is 0 Å². The summed E-state index contributed by atoms with van der Waals surface area (Å²) in [6, 6.07) is 1.73. The molecule has 0 amide bonds. The van der Waals surface area contributed by atoms with Gasteiger partial charge in [-0.2, -0.15) is 34.8 Å². The fourth-order valence-electron chi connectivity index (χ4n) is 1.02. The van der Waals surface area contributed by atoms with Gasteiger partial charge in [-0.05, 0) is 22.0 Å². The summed E-state index contributed by atoms with van der Waals surface area (Å²) >= 11 is 2.81. The molecule has 0 aliphatic heterocycles. The summed E-state index contributed by atoms with van der Waals surface area (Å²) < 4.78 is 98.8. The van der Waals surface area contributed by atoms with Crippen LogP contribution in [0.4, 0.5) is 26.3 Å². The minimum atomic E-state index is -6.40. The molecule has 0 aromatic carbocycles. The summed E-state index contributed by atoms with van der Waals surface area (Å²) in [5, 5.41) is 0. The number of hydrogen-bond acceptors (Lipinski definition) is 4. The number of alkyl halides is 6. The number of pyridine rings is 1. The molecule has 12 heteroatoms. The van der Waals surface area contributed by atoms with Gasteiger partial charge in [-0.3, -0.25) is 0 Å². The molecule has 0 aliphatic carbocycles. The van der Waals surface area contributed by atoms with Crippen molar-refractivity contribution in [2.45, 2.75) is 17.8 Å². The Hall–Kier alpha value is -0.880. The molecule has 1 atom stereocenters. The topological polar surface area (TPSA) is 56.3 Å². The Labute approximate surface area is 117 Å². The first kappa shape index (κ1) is 17.2. The Kier molecular flexibility index (Phi) is 4.71. The maximum absolute atomic E-state index is 12.6. The van der Waals surface area contributed by atoms with E-state index in [2.05, 4.69) is 25.1 Å². The van der Waals surface area contributed by atoms with Crippen molar-refractivity contribution in [3.8, 4) is 0 Å². The van der Waals surface area contributed by atoms with Gasteiger partial charge in [-0.25, -0.2) is 9.17 Å². The van der Waals surface area contributed by atoms with Crippen LogP contribution in [0.5, 0.6) is 0 Å². The summed E-state index contributed by atoms with van der Waals surface area (Å²) in [6.07, 6.45) is -8.11. The molecule has 0 fully saturated rings. The molecule has 4 nitrogen and oxygen atoms in total. The molecule has 20 heavy (non-hydrogen) atoms. The molecule has 0 radical (unpaired) electrons. The van der Waals surface area contributed by atoms with Crippen LogP contribution in [-0.2, 0) is 14.3 Å². The van der Waals surface area contributed by atoms with Gasteiger partial charge in [0.1, 0.15) is 4.60 Å². The molecular weight excluding hydrogens is 384 g/mol. The number of rotatable bonds is 3. The molecule has 1 aromatic rings. The van der Waals surface area contributed by atoms with Gasteiger partial charge >= 0.3 is 21.8 Å². The average molecular weight is 388 g/mol. The van der Waals surface area contributed by atoms with Gasteiger partial charge in [0.25, 0.3) is 0 Å². The highest BCUT2D eigenvalue weighted by atomic mass is 79.9. The van der Waals surface area contributed by atoms with E-state index >= 15 is 0 Å². The Bertz CT molecular complexity index is 567. The van der Waals surface area contributed by atoms with E-state index in [1.807, 2.05) is 0 Å². The van der Waals surface area contributed by atoms with Crippen LogP contribution in [0.1, 0.15) is 11.7 Å². The maximum atomic E-state index is 12.6. The van der Waals surface area contributed by atoms with Crippen LogP contribution in [0.3, 0.4) is 0 Å². The zero-order chi connectivity index (χ0) is 15.8. The SMILES string of the molecule is O=S(=O)(OC(c1ccc(Br)nc1)C(F)(F)F)C(F)(F)F. The molecule has 0 bridgehead atoms. The first-order chi connectivity index (χ1) is 8.84. The lowest BCUT2D eigenvalue weighted by Crippen LogP contribution is -2.33. The molecule has 114 valence electrons. The standard InChI is InChI=1S/C8H4BrF6NO3S/c9-5-2-1-4(3-16-5)6(7(10,11)12)19-20(17,18)8(13,14)15/h1-3,6H. The van der Waals surface area contributed by atoms with Gasteiger partial charge in [0.05, 0.1) is 0 Å². The lowest BCUT2D eigenvalue weighted by molar-refractivity contribution is -0.200. The first-order valence-electron chi connectivity index (χ1n) is 4.52. The summed E-state index contributed by atoms with van der Waals surface area (Å²) in [7, 11) is -6.40. The number of aromatic nitrogens is 1. The van der Waals surface area contributed by atoms with Crippen LogP contribution in [0.25, 0.3) is 0 Å². The van der Waals surface area contributed by atoms with Crippen molar-refractivity contribution in [1.82, 2.24) is 4.98 Å². The van der Waals surface area contributed by atoms with Crippen molar-refractivity contribution in [1.29, 1.82) is 0 Å². The molecule has 0 N–H and O–H groups in total. The van der Waals surface area contributed by atoms with Crippen LogP contribution in [0.15, 0.2) is 22.9 Å². The zero-order valence-corrected chi connectivity index (χ0v) is 11.4. The molecule has 0 saturated heterocycles. The fourth-order valence-corrected chi connectivity index (χ4v) is 1.84. The minimum Gasteiger partial charge on any atom is -0.249 e. The summed E-state index contributed by atoms with van der Waals surface area (Å²) in [5.41, 5.74) is -6.84. The monoisotopic (exact) mass is 387 g/mol. The predicted octanol–water partition coefficient (Wildman–Crippen LogP) is 3.31. The Balaban J connectivity index is 3.20. The largest absolute Gasteiger partial charge is 0.523 e. The van der Waals surface area contributed by atoms with E-state index in [-0.39, 0.29) is 4.60 Å². The molecule has 0 saturated carbocycles. The van der Waals surface area contributed by atoms with E-state index in [9.17, 15) is 34.8 Å². The van der Waals surface area contributed by atoms with Crippen molar-refractivity contribution >= 4 is 26.0 Å². The number of nitrogens with zero attached hydrogens (tertiary/aromatic N) is 1. The zero-order valence-electron chi connectivity index (χ0n) is 9.04. The Morgan fingerprint density at radius 1 is 1.15 bits per heavy atom. The van der Waals surface area contributed by atoms with Gasteiger partial charge in [-0.1, -0.05) is 6.07 Å². The van der Waals surface area contributed by atoms with Gasteiger partial charge in [0, 0.05) is 11.8 Å². The molecule has 1 unspecified atom stereocenters. The van der Waals surface area contributed by atoms with E-state index in [0.717, 1.165) is 12.1 Å². The second-order valence-electron chi connectivity index (χ2n) is 3.33. The maximum Gasteiger partial charge on any atom is 0.523 e. The molecule has 1 heterocycles. The van der Waals surface area contributed by atoms with E-state index in [1.165, 1.54) is 0 Å². The first-order valence-corrected chi connectivity index (χ1v) is 6.72. The highest BCUT2D eigenvalue weighted by Crippen LogP contribution is 2.39. The van der Waals surface area contributed by atoms with E-state index < -0.39 is 33.5 Å².